The SMILES string of the molecule is CCC(Nc1cc(C)nc(-c2ccccn2)n1)C(OC)OC. The maximum Gasteiger partial charge on any atom is 0.180 e. The van der Waals surface area contributed by atoms with Crippen LogP contribution in [0.4, 0.5) is 5.82 Å². The van der Waals surface area contributed by atoms with Gasteiger partial charge in [-0.25, -0.2) is 9.97 Å². The van der Waals surface area contributed by atoms with Crippen molar-refractivity contribution in [1.29, 1.82) is 0 Å². The van der Waals surface area contributed by atoms with Crippen LogP contribution in [0, 0.1) is 6.92 Å². The molecule has 0 aliphatic carbocycles. The number of nitrogens with zero attached hydrogens (tertiary/aromatic N) is 3. The van der Waals surface area contributed by atoms with E-state index in [-0.39, 0.29) is 12.3 Å². The van der Waals surface area contributed by atoms with Crippen LogP contribution in [0.25, 0.3) is 11.5 Å². The third-order valence-corrected chi connectivity index (χ3v) is 3.31. The molecule has 1 atom stereocenters. The summed E-state index contributed by atoms with van der Waals surface area (Å²) in [6.45, 7) is 4.00. The Morgan fingerprint density at radius 3 is 2.55 bits per heavy atom. The number of pyridine rings is 1. The highest BCUT2D eigenvalue weighted by molar-refractivity contribution is 5.53. The summed E-state index contributed by atoms with van der Waals surface area (Å²) in [7, 11) is 3.26. The molecule has 2 aromatic rings. The fourth-order valence-electron chi connectivity index (χ4n) is 2.23. The maximum absolute atomic E-state index is 5.33. The van der Waals surface area contributed by atoms with Crippen molar-refractivity contribution in [3.8, 4) is 11.5 Å². The minimum absolute atomic E-state index is 0.000817. The summed E-state index contributed by atoms with van der Waals surface area (Å²) in [5.74, 6) is 1.34. The van der Waals surface area contributed by atoms with Crippen LogP contribution in [0.15, 0.2) is 30.5 Å². The molecular formula is C16H22N4O2. The van der Waals surface area contributed by atoms with E-state index in [0.29, 0.717) is 5.82 Å². The lowest BCUT2D eigenvalue weighted by Gasteiger charge is -2.25. The van der Waals surface area contributed by atoms with Crippen LogP contribution in [0.2, 0.25) is 0 Å². The topological polar surface area (TPSA) is 69.2 Å². The van der Waals surface area contributed by atoms with Crippen molar-refractivity contribution in [1.82, 2.24) is 15.0 Å². The van der Waals surface area contributed by atoms with Crippen molar-refractivity contribution in [2.75, 3.05) is 19.5 Å². The second-order valence-electron chi connectivity index (χ2n) is 4.93. The van der Waals surface area contributed by atoms with Crippen LogP contribution in [0.3, 0.4) is 0 Å². The maximum atomic E-state index is 5.33. The van der Waals surface area contributed by atoms with Gasteiger partial charge in [-0.05, 0) is 25.5 Å². The zero-order chi connectivity index (χ0) is 15.9. The molecule has 0 saturated carbocycles. The zero-order valence-electron chi connectivity index (χ0n) is 13.4. The minimum Gasteiger partial charge on any atom is -0.362 e. The number of aryl methyl sites for hydroxylation is 1. The molecule has 0 aromatic carbocycles. The van der Waals surface area contributed by atoms with Gasteiger partial charge in [0.05, 0.1) is 6.04 Å². The lowest BCUT2D eigenvalue weighted by atomic mass is 10.2. The van der Waals surface area contributed by atoms with Gasteiger partial charge >= 0.3 is 0 Å². The molecule has 2 heterocycles. The minimum atomic E-state index is -0.335. The Bertz CT molecular complexity index is 588. The fourth-order valence-corrected chi connectivity index (χ4v) is 2.23. The van der Waals surface area contributed by atoms with Crippen LogP contribution in [-0.2, 0) is 9.47 Å². The number of anilines is 1. The Kier molecular flexibility index (Phi) is 5.80. The number of methoxy groups -OCH3 is 2. The molecule has 0 radical (unpaired) electrons. The van der Waals surface area contributed by atoms with Crippen molar-refractivity contribution in [3.05, 3.63) is 36.2 Å². The van der Waals surface area contributed by atoms with Gasteiger partial charge in [0.25, 0.3) is 0 Å². The highest BCUT2D eigenvalue weighted by Crippen LogP contribution is 2.17. The normalized spacial score (nSPS) is 12.4. The molecule has 0 spiro atoms. The van der Waals surface area contributed by atoms with E-state index in [4.69, 9.17) is 9.47 Å². The fraction of sp³-hybridized carbons (Fsp3) is 0.438. The van der Waals surface area contributed by atoms with E-state index in [2.05, 4.69) is 27.2 Å². The number of hydrogen-bond acceptors (Lipinski definition) is 6. The Hall–Kier alpha value is -2.05. The van der Waals surface area contributed by atoms with Crippen molar-refractivity contribution >= 4 is 5.82 Å². The molecule has 1 unspecified atom stereocenters. The Morgan fingerprint density at radius 1 is 1.18 bits per heavy atom. The van der Waals surface area contributed by atoms with Gasteiger partial charge in [-0.15, -0.1) is 0 Å². The standard InChI is InChI=1S/C16H22N4O2/c1-5-12(16(21-3)22-4)19-14-10-11(2)18-15(20-14)13-8-6-7-9-17-13/h6-10,12,16H,5H2,1-4H3,(H,18,19,20). The van der Waals surface area contributed by atoms with Gasteiger partial charge in [-0.2, -0.15) is 0 Å². The molecular weight excluding hydrogens is 280 g/mol. The number of ether oxygens (including phenoxy) is 2. The van der Waals surface area contributed by atoms with Crippen LogP contribution >= 0.6 is 0 Å². The van der Waals surface area contributed by atoms with Crippen molar-refractivity contribution in [2.24, 2.45) is 0 Å². The average molecular weight is 302 g/mol. The summed E-state index contributed by atoms with van der Waals surface area (Å²) in [5, 5.41) is 3.35. The summed E-state index contributed by atoms with van der Waals surface area (Å²) in [5.41, 5.74) is 1.62. The first kappa shape index (κ1) is 16.3. The number of nitrogens with one attached hydrogen (secondary N) is 1. The van der Waals surface area contributed by atoms with Crippen molar-refractivity contribution in [3.63, 3.8) is 0 Å². The van der Waals surface area contributed by atoms with E-state index in [0.717, 1.165) is 23.6 Å². The predicted molar refractivity (Wildman–Crippen MR) is 85.5 cm³/mol. The van der Waals surface area contributed by atoms with Crippen LogP contribution in [0.5, 0.6) is 0 Å². The molecule has 1 N–H and O–H groups in total. The molecule has 6 heteroatoms. The molecule has 0 aliphatic rings. The van der Waals surface area contributed by atoms with Gasteiger partial charge in [-0.1, -0.05) is 13.0 Å². The van der Waals surface area contributed by atoms with E-state index in [1.165, 1.54) is 0 Å². The molecule has 118 valence electrons. The number of hydrogen-bond donors (Lipinski definition) is 1. The highest BCUT2D eigenvalue weighted by Gasteiger charge is 2.20. The first-order valence-electron chi connectivity index (χ1n) is 7.27. The lowest BCUT2D eigenvalue weighted by Crippen LogP contribution is -2.36. The molecule has 0 amide bonds. The summed E-state index contributed by atoms with van der Waals surface area (Å²) in [6, 6.07) is 7.58. The van der Waals surface area contributed by atoms with Gasteiger partial charge in [0.1, 0.15) is 11.5 Å². The molecule has 2 aromatic heterocycles. The molecule has 22 heavy (non-hydrogen) atoms. The van der Waals surface area contributed by atoms with E-state index in [1.54, 1.807) is 20.4 Å². The van der Waals surface area contributed by atoms with E-state index >= 15 is 0 Å². The molecule has 0 fully saturated rings. The van der Waals surface area contributed by atoms with Gasteiger partial charge in [-0.3, -0.25) is 4.98 Å². The third-order valence-electron chi connectivity index (χ3n) is 3.31. The van der Waals surface area contributed by atoms with Crippen LogP contribution in [-0.4, -0.2) is 41.5 Å². The first-order chi connectivity index (χ1) is 10.7. The summed E-state index contributed by atoms with van der Waals surface area (Å²) in [6.07, 6.45) is 2.24. The Balaban J connectivity index is 2.26. The van der Waals surface area contributed by atoms with Crippen molar-refractivity contribution < 1.29 is 9.47 Å². The van der Waals surface area contributed by atoms with E-state index in [1.807, 2.05) is 31.2 Å². The van der Waals surface area contributed by atoms with Gasteiger partial charge in [0, 0.05) is 32.2 Å². The van der Waals surface area contributed by atoms with Crippen molar-refractivity contribution in [2.45, 2.75) is 32.6 Å². The smallest absolute Gasteiger partial charge is 0.180 e. The molecule has 0 aliphatic heterocycles. The zero-order valence-corrected chi connectivity index (χ0v) is 13.4. The summed E-state index contributed by atoms with van der Waals surface area (Å²) < 4.78 is 10.7. The number of aromatic nitrogens is 3. The van der Waals surface area contributed by atoms with Gasteiger partial charge < -0.3 is 14.8 Å². The second-order valence-corrected chi connectivity index (χ2v) is 4.93. The van der Waals surface area contributed by atoms with E-state index < -0.39 is 0 Å². The highest BCUT2D eigenvalue weighted by atomic mass is 16.7. The molecule has 2 rings (SSSR count). The summed E-state index contributed by atoms with van der Waals surface area (Å²) >= 11 is 0. The monoisotopic (exact) mass is 302 g/mol. The second kappa shape index (κ2) is 7.82. The third kappa shape index (κ3) is 3.99. The average Bonchev–Trinajstić information content (AvgIpc) is 2.55. The molecule has 0 bridgehead atoms. The van der Waals surface area contributed by atoms with Crippen LogP contribution in [0.1, 0.15) is 19.0 Å². The Morgan fingerprint density at radius 2 is 1.95 bits per heavy atom. The largest absolute Gasteiger partial charge is 0.362 e. The lowest BCUT2D eigenvalue weighted by molar-refractivity contribution is -0.112. The van der Waals surface area contributed by atoms with Crippen LogP contribution < -0.4 is 5.32 Å². The van der Waals surface area contributed by atoms with Gasteiger partial charge in [0.15, 0.2) is 12.1 Å². The first-order valence-corrected chi connectivity index (χ1v) is 7.27. The predicted octanol–water partition coefficient (Wildman–Crippen LogP) is 2.66. The van der Waals surface area contributed by atoms with E-state index in [9.17, 15) is 0 Å². The molecule has 6 nitrogen and oxygen atoms in total. The summed E-state index contributed by atoms with van der Waals surface area (Å²) in [4.78, 5) is 13.3. The number of rotatable bonds is 7. The quantitative estimate of drug-likeness (QED) is 0.793. The Labute approximate surface area is 130 Å². The van der Waals surface area contributed by atoms with Gasteiger partial charge in [0.2, 0.25) is 0 Å². The molecule has 0 saturated heterocycles.